The molecule has 28 heavy (non-hydrogen) atoms. The van der Waals surface area contributed by atoms with Crippen LogP contribution in [0.5, 0.6) is 5.75 Å². The second-order valence-corrected chi connectivity index (χ2v) is 7.03. The fourth-order valence-electron chi connectivity index (χ4n) is 2.78. The molecular weight excluding hydrogens is 356 g/mol. The van der Waals surface area contributed by atoms with Crippen molar-refractivity contribution in [1.29, 1.82) is 0 Å². The fraction of sp³-hybridized carbons (Fsp3) is 0.286. The van der Waals surface area contributed by atoms with Crippen molar-refractivity contribution in [2.75, 3.05) is 19.0 Å². The van der Waals surface area contributed by atoms with E-state index in [0.29, 0.717) is 35.1 Å². The second kappa shape index (κ2) is 8.12. The zero-order chi connectivity index (χ0) is 20.3. The second-order valence-electron chi connectivity index (χ2n) is 7.03. The van der Waals surface area contributed by atoms with Crippen LogP contribution < -0.4 is 15.4 Å². The summed E-state index contributed by atoms with van der Waals surface area (Å²) in [6.07, 6.45) is 1.83. The van der Waals surface area contributed by atoms with Gasteiger partial charge in [0.15, 0.2) is 11.5 Å². The van der Waals surface area contributed by atoms with Crippen LogP contribution in [0.15, 0.2) is 42.6 Å². The summed E-state index contributed by atoms with van der Waals surface area (Å²) in [5, 5.41) is 5.67. The Morgan fingerprint density at radius 2 is 1.96 bits per heavy atom. The number of benzene rings is 1. The minimum absolute atomic E-state index is 0.222. The van der Waals surface area contributed by atoms with Gasteiger partial charge in [0.2, 0.25) is 0 Å². The van der Waals surface area contributed by atoms with E-state index in [4.69, 9.17) is 4.74 Å². The molecule has 0 saturated carbocycles. The summed E-state index contributed by atoms with van der Waals surface area (Å²) < 4.78 is 6.87. The van der Waals surface area contributed by atoms with Crippen molar-refractivity contribution in [3.8, 4) is 5.75 Å². The third kappa shape index (κ3) is 4.14. The predicted octanol–water partition coefficient (Wildman–Crippen LogP) is 3.29. The number of pyridine rings is 1. The Kier molecular flexibility index (Phi) is 5.63. The van der Waals surface area contributed by atoms with Crippen LogP contribution in [-0.2, 0) is 0 Å². The van der Waals surface area contributed by atoms with E-state index >= 15 is 0 Å². The van der Waals surface area contributed by atoms with Crippen LogP contribution in [0.25, 0.3) is 5.65 Å². The molecular formula is C21H24N4O3. The molecule has 0 atom stereocenters. The number of hydrogen-bond acceptors (Lipinski definition) is 4. The van der Waals surface area contributed by atoms with Crippen molar-refractivity contribution < 1.29 is 14.3 Å². The van der Waals surface area contributed by atoms with Crippen molar-refractivity contribution in [2.45, 2.75) is 20.8 Å². The fourth-order valence-corrected chi connectivity index (χ4v) is 2.78. The Hall–Kier alpha value is -3.35. The Balaban J connectivity index is 1.98. The molecule has 7 nitrogen and oxygen atoms in total. The lowest BCUT2D eigenvalue weighted by Crippen LogP contribution is -2.29. The summed E-state index contributed by atoms with van der Waals surface area (Å²) in [6, 6.07) is 10.5. The zero-order valence-electron chi connectivity index (χ0n) is 16.4. The normalized spacial score (nSPS) is 10.9. The highest BCUT2D eigenvalue weighted by molar-refractivity contribution is 6.08. The monoisotopic (exact) mass is 380 g/mol. The third-order valence-electron chi connectivity index (χ3n) is 4.22. The lowest BCUT2D eigenvalue weighted by Gasteiger charge is -2.10. The number of ether oxygens (including phenoxy) is 1. The number of nitrogens with zero attached hydrogens (tertiary/aromatic N) is 2. The minimum atomic E-state index is -0.364. The number of anilines is 1. The number of fused-ring (bicyclic) bond motifs is 1. The van der Waals surface area contributed by atoms with Crippen LogP contribution in [0.3, 0.4) is 0 Å². The highest BCUT2D eigenvalue weighted by Gasteiger charge is 2.22. The lowest BCUT2D eigenvalue weighted by molar-refractivity contribution is 0.0944. The standard InChI is InChI=1S/C21H24N4O3/c1-13(2)11-22-21(27)18-19(23-17-9-8-14(3)12-25(17)18)24-20(26)15-6-5-7-16(10-15)28-4/h5-10,12-13H,11H2,1-4H3,(H,22,27)(H,24,26). The Morgan fingerprint density at radius 3 is 2.68 bits per heavy atom. The van der Waals surface area contributed by atoms with Gasteiger partial charge >= 0.3 is 0 Å². The first-order valence-corrected chi connectivity index (χ1v) is 9.11. The van der Waals surface area contributed by atoms with Gasteiger partial charge in [0, 0.05) is 18.3 Å². The molecule has 2 amide bonds. The Labute approximate surface area is 163 Å². The number of methoxy groups -OCH3 is 1. The van der Waals surface area contributed by atoms with Crippen LogP contribution >= 0.6 is 0 Å². The van der Waals surface area contributed by atoms with Gasteiger partial charge in [-0.3, -0.25) is 14.0 Å². The van der Waals surface area contributed by atoms with Crippen LogP contribution in [-0.4, -0.2) is 34.9 Å². The van der Waals surface area contributed by atoms with E-state index in [1.54, 1.807) is 35.8 Å². The van der Waals surface area contributed by atoms with E-state index in [1.807, 2.05) is 39.1 Å². The summed E-state index contributed by atoms with van der Waals surface area (Å²) in [7, 11) is 1.54. The van der Waals surface area contributed by atoms with Gasteiger partial charge in [-0.25, -0.2) is 4.98 Å². The average Bonchev–Trinajstić information content (AvgIpc) is 3.03. The van der Waals surface area contributed by atoms with Gasteiger partial charge in [0.25, 0.3) is 11.8 Å². The summed E-state index contributed by atoms with van der Waals surface area (Å²) in [5.74, 6) is 0.456. The minimum Gasteiger partial charge on any atom is -0.497 e. The van der Waals surface area contributed by atoms with Gasteiger partial charge in [-0.05, 0) is 42.7 Å². The highest BCUT2D eigenvalue weighted by atomic mass is 16.5. The van der Waals surface area contributed by atoms with Crippen molar-refractivity contribution in [1.82, 2.24) is 14.7 Å². The molecule has 2 aromatic heterocycles. The molecule has 0 aliphatic heterocycles. The van der Waals surface area contributed by atoms with Crippen LogP contribution in [0, 0.1) is 12.8 Å². The van der Waals surface area contributed by atoms with Crippen molar-refractivity contribution >= 4 is 23.3 Å². The van der Waals surface area contributed by atoms with E-state index in [2.05, 4.69) is 15.6 Å². The molecule has 0 saturated heterocycles. The molecule has 3 rings (SSSR count). The molecule has 3 aromatic rings. The van der Waals surface area contributed by atoms with E-state index in [0.717, 1.165) is 5.56 Å². The lowest BCUT2D eigenvalue weighted by atomic mass is 10.2. The number of aromatic nitrogens is 2. The van der Waals surface area contributed by atoms with Gasteiger partial charge in [-0.15, -0.1) is 0 Å². The van der Waals surface area contributed by atoms with E-state index in [1.165, 1.54) is 0 Å². The average molecular weight is 380 g/mol. The van der Waals surface area contributed by atoms with E-state index in [9.17, 15) is 9.59 Å². The number of carbonyl (C=O) groups excluding carboxylic acids is 2. The molecule has 2 N–H and O–H groups in total. The molecule has 0 aliphatic rings. The van der Waals surface area contributed by atoms with Crippen molar-refractivity contribution in [2.24, 2.45) is 5.92 Å². The first kappa shape index (κ1) is 19.4. The Bertz CT molecular complexity index is 1020. The van der Waals surface area contributed by atoms with Crippen LogP contribution in [0.1, 0.15) is 40.3 Å². The molecule has 0 fully saturated rings. The zero-order valence-corrected chi connectivity index (χ0v) is 16.4. The van der Waals surface area contributed by atoms with E-state index in [-0.39, 0.29) is 17.6 Å². The van der Waals surface area contributed by atoms with Gasteiger partial charge in [-0.2, -0.15) is 0 Å². The number of nitrogens with one attached hydrogen (secondary N) is 2. The smallest absolute Gasteiger partial charge is 0.272 e. The summed E-state index contributed by atoms with van der Waals surface area (Å²) >= 11 is 0. The molecule has 0 bridgehead atoms. The van der Waals surface area contributed by atoms with Gasteiger partial charge in [-0.1, -0.05) is 26.0 Å². The van der Waals surface area contributed by atoms with Crippen molar-refractivity contribution in [3.05, 3.63) is 59.4 Å². The maximum Gasteiger partial charge on any atom is 0.272 e. The molecule has 2 heterocycles. The molecule has 7 heteroatoms. The predicted molar refractivity (Wildman–Crippen MR) is 108 cm³/mol. The molecule has 1 aromatic carbocycles. The number of hydrogen-bond donors (Lipinski definition) is 2. The molecule has 0 aliphatic carbocycles. The maximum atomic E-state index is 12.8. The van der Waals surface area contributed by atoms with Crippen LogP contribution in [0.4, 0.5) is 5.82 Å². The topological polar surface area (TPSA) is 84.7 Å². The number of amides is 2. The first-order valence-electron chi connectivity index (χ1n) is 9.11. The highest BCUT2D eigenvalue weighted by Crippen LogP contribution is 2.21. The summed E-state index contributed by atoms with van der Waals surface area (Å²) in [6.45, 7) is 6.50. The first-order chi connectivity index (χ1) is 13.4. The van der Waals surface area contributed by atoms with Crippen LogP contribution in [0.2, 0.25) is 0 Å². The molecule has 0 spiro atoms. The van der Waals surface area contributed by atoms with Gasteiger partial charge < -0.3 is 15.4 Å². The largest absolute Gasteiger partial charge is 0.497 e. The Morgan fingerprint density at radius 1 is 1.18 bits per heavy atom. The number of aryl methyl sites for hydroxylation is 1. The van der Waals surface area contributed by atoms with Crippen molar-refractivity contribution in [3.63, 3.8) is 0 Å². The number of carbonyl (C=O) groups is 2. The van der Waals surface area contributed by atoms with Gasteiger partial charge in [0.05, 0.1) is 7.11 Å². The molecule has 146 valence electrons. The quantitative estimate of drug-likeness (QED) is 0.687. The SMILES string of the molecule is COc1cccc(C(=O)Nc2nc3ccc(C)cn3c2C(=O)NCC(C)C)c1. The molecule has 0 unspecified atom stereocenters. The number of imidazole rings is 1. The summed E-state index contributed by atoms with van der Waals surface area (Å²) in [4.78, 5) is 30.0. The summed E-state index contributed by atoms with van der Waals surface area (Å²) in [5.41, 5.74) is 2.28. The maximum absolute atomic E-state index is 12.8. The number of rotatable bonds is 6. The van der Waals surface area contributed by atoms with Gasteiger partial charge in [0.1, 0.15) is 11.4 Å². The molecule has 0 radical (unpaired) electrons. The third-order valence-corrected chi connectivity index (χ3v) is 4.22. The van der Waals surface area contributed by atoms with E-state index < -0.39 is 0 Å².